The Labute approximate surface area is 375 Å². The third-order valence-electron chi connectivity index (χ3n) is 11.3. The number of amides is 4. The summed E-state index contributed by atoms with van der Waals surface area (Å²) >= 11 is 0. The Bertz CT molecular complexity index is 2800. The molecule has 0 radical (unpaired) electrons. The zero-order chi connectivity index (χ0) is 46.4. The van der Waals surface area contributed by atoms with Gasteiger partial charge in [-0.15, -0.1) is 0 Å². The van der Waals surface area contributed by atoms with Crippen molar-refractivity contribution in [2.24, 2.45) is 11.5 Å². The predicted molar refractivity (Wildman–Crippen MR) is 247 cm³/mol. The smallest absolute Gasteiger partial charge is 0.276 e. The Hall–Kier alpha value is -7.32. The van der Waals surface area contributed by atoms with Gasteiger partial charge in [0.1, 0.15) is 40.5 Å². The number of allylic oxidation sites excluding steroid dienone is 2. The Morgan fingerprint density at radius 1 is 0.708 bits per heavy atom. The first-order valence-corrected chi connectivity index (χ1v) is 21.6. The van der Waals surface area contributed by atoms with Crippen LogP contribution in [0.5, 0.6) is 11.5 Å². The summed E-state index contributed by atoms with van der Waals surface area (Å²) in [6, 6.07) is 10.1. The number of carbonyl (C=O) groups excluding carboxylic acids is 4. The number of anilines is 2. The van der Waals surface area contributed by atoms with Crippen LogP contribution < -0.4 is 36.9 Å². The van der Waals surface area contributed by atoms with Gasteiger partial charge in [0.15, 0.2) is 0 Å². The van der Waals surface area contributed by atoms with Gasteiger partial charge in [0.25, 0.3) is 11.8 Å². The Morgan fingerprint density at radius 3 is 1.65 bits per heavy atom. The Morgan fingerprint density at radius 2 is 1.18 bits per heavy atom. The van der Waals surface area contributed by atoms with Crippen LogP contribution in [0.2, 0.25) is 0 Å². The number of nitrogens with zero attached hydrogens (tertiary/aromatic N) is 9. The number of carbonyl (C=O) groups is 4. The SMILES string of the molecule is CCn1nc(C)cc1C(=O)Nc1nc2cc(C(N)=O)cc(OC)c2n1C/C=C/Cn1c(NC(=O)c2cc(C)nn2CC)nc2cc(C(N)=O)cc(OC/C=C/CN3CCC(NC)CC3)c21. The van der Waals surface area contributed by atoms with E-state index in [2.05, 4.69) is 37.1 Å². The number of primary amides is 2. The minimum absolute atomic E-state index is 0.162. The lowest BCUT2D eigenvalue weighted by Gasteiger charge is -2.30. The van der Waals surface area contributed by atoms with E-state index in [1.54, 1.807) is 55.8 Å². The van der Waals surface area contributed by atoms with E-state index in [1.807, 2.05) is 46.0 Å². The van der Waals surface area contributed by atoms with E-state index in [9.17, 15) is 19.2 Å². The number of nitrogens with one attached hydrogen (secondary N) is 3. The predicted octanol–water partition coefficient (Wildman–Crippen LogP) is 4.02. The fraction of sp³-hybridized carbons (Fsp3) is 0.378. The highest BCUT2D eigenvalue weighted by Crippen LogP contribution is 2.33. The molecule has 6 aromatic rings. The number of fused-ring (bicyclic) bond motifs is 2. The molecule has 5 heterocycles. The summed E-state index contributed by atoms with van der Waals surface area (Å²) in [6.07, 6.45) is 9.90. The first-order valence-electron chi connectivity index (χ1n) is 21.6. The highest BCUT2D eigenvalue weighted by Gasteiger charge is 2.24. The second-order valence-corrected chi connectivity index (χ2v) is 15.7. The minimum atomic E-state index is -0.667. The first kappa shape index (κ1) is 45.7. The van der Waals surface area contributed by atoms with Crippen molar-refractivity contribution >= 4 is 57.6 Å². The second-order valence-electron chi connectivity index (χ2n) is 15.7. The number of aryl methyl sites for hydroxylation is 4. The number of benzene rings is 2. The van der Waals surface area contributed by atoms with E-state index in [-0.39, 0.29) is 42.7 Å². The maximum Gasteiger partial charge on any atom is 0.276 e. The zero-order valence-electron chi connectivity index (χ0n) is 37.6. The summed E-state index contributed by atoms with van der Waals surface area (Å²) in [5.41, 5.74) is 15.6. The van der Waals surface area contributed by atoms with Crippen LogP contribution in [-0.2, 0) is 26.2 Å². The number of likely N-dealkylation sites (tertiary alicyclic amines) is 1. The molecule has 342 valence electrons. The molecule has 0 aliphatic carbocycles. The number of aromatic nitrogens is 8. The molecule has 20 nitrogen and oxygen atoms in total. The molecule has 0 spiro atoms. The van der Waals surface area contributed by atoms with Crippen molar-refractivity contribution in [3.63, 3.8) is 0 Å². The maximum absolute atomic E-state index is 13.9. The summed E-state index contributed by atoms with van der Waals surface area (Å²) < 4.78 is 18.8. The normalized spacial score (nSPS) is 13.7. The largest absolute Gasteiger partial charge is 0.494 e. The van der Waals surface area contributed by atoms with Crippen molar-refractivity contribution < 1.29 is 28.7 Å². The van der Waals surface area contributed by atoms with Crippen molar-refractivity contribution in [2.45, 2.75) is 72.8 Å². The van der Waals surface area contributed by atoms with Crippen LogP contribution in [0.3, 0.4) is 0 Å². The van der Waals surface area contributed by atoms with Gasteiger partial charge in [-0.1, -0.05) is 24.3 Å². The Kier molecular flexibility index (Phi) is 14.1. The van der Waals surface area contributed by atoms with Crippen LogP contribution in [0.4, 0.5) is 11.9 Å². The van der Waals surface area contributed by atoms with Crippen LogP contribution in [0, 0.1) is 13.8 Å². The number of hydrogen-bond donors (Lipinski definition) is 5. The van der Waals surface area contributed by atoms with Crippen molar-refractivity contribution in [3.8, 4) is 11.5 Å². The molecule has 4 amide bonds. The first-order chi connectivity index (χ1) is 31.3. The lowest BCUT2D eigenvalue weighted by molar-refractivity contribution is 0.0991. The molecular weight excluding hydrogens is 833 g/mol. The topological polar surface area (TPSA) is 249 Å². The number of imidazole rings is 2. The molecule has 7 N–H and O–H groups in total. The summed E-state index contributed by atoms with van der Waals surface area (Å²) in [4.78, 5) is 64.3. The number of rotatable bonds is 19. The van der Waals surface area contributed by atoms with Gasteiger partial charge in [-0.2, -0.15) is 10.2 Å². The van der Waals surface area contributed by atoms with E-state index in [0.29, 0.717) is 75.5 Å². The molecule has 7 rings (SSSR count). The van der Waals surface area contributed by atoms with Crippen molar-refractivity contribution in [1.82, 2.24) is 48.9 Å². The highest BCUT2D eigenvalue weighted by atomic mass is 16.5. The summed E-state index contributed by atoms with van der Waals surface area (Å²) in [5, 5.41) is 18.1. The van der Waals surface area contributed by atoms with Gasteiger partial charge in [0.05, 0.1) is 29.5 Å². The van der Waals surface area contributed by atoms with Crippen molar-refractivity contribution in [1.29, 1.82) is 0 Å². The lowest BCUT2D eigenvalue weighted by Crippen LogP contribution is -2.41. The van der Waals surface area contributed by atoms with Gasteiger partial charge in [-0.25, -0.2) is 9.97 Å². The van der Waals surface area contributed by atoms with Crippen LogP contribution >= 0.6 is 0 Å². The molecular formula is C45H56N14O6. The number of hydrogen-bond acceptors (Lipinski definition) is 12. The van der Waals surface area contributed by atoms with Gasteiger partial charge in [-0.05, 0) is 97.1 Å². The molecule has 0 bridgehead atoms. The maximum atomic E-state index is 13.9. The minimum Gasteiger partial charge on any atom is -0.494 e. The van der Waals surface area contributed by atoms with Gasteiger partial charge in [-0.3, -0.25) is 44.1 Å². The third kappa shape index (κ3) is 10.1. The fourth-order valence-electron chi connectivity index (χ4n) is 8.02. The number of ether oxygens (including phenoxy) is 2. The fourth-order valence-corrected chi connectivity index (χ4v) is 8.02. The molecule has 65 heavy (non-hydrogen) atoms. The molecule has 1 aliphatic heterocycles. The molecule has 0 atom stereocenters. The van der Waals surface area contributed by atoms with Gasteiger partial charge in [0.2, 0.25) is 23.7 Å². The third-order valence-corrected chi connectivity index (χ3v) is 11.3. The molecule has 1 aliphatic rings. The monoisotopic (exact) mass is 888 g/mol. The highest BCUT2D eigenvalue weighted by molar-refractivity contribution is 6.05. The second kappa shape index (κ2) is 20.0. The molecule has 4 aromatic heterocycles. The molecule has 20 heteroatoms. The van der Waals surface area contributed by atoms with Crippen LogP contribution in [0.1, 0.15) is 79.8 Å². The lowest BCUT2D eigenvalue weighted by atomic mass is 10.1. The van der Waals surface area contributed by atoms with E-state index >= 15 is 0 Å². The van der Waals surface area contributed by atoms with E-state index in [1.165, 1.54) is 13.2 Å². The van der Waals surface area contributed by atoms with E-state index in [4.69, 9.17) is 30.9 Å². The van der Waals surface area contributed by atoms with Crippen LogP contribution in [-0.4, -0.2) is 114 Å². The molecule has 0 saturated carbocycles. The quantitative estimate of drug-likeness (QED) is 0.0724. The van der Waals surface area contributed by atoms with Crippen molar-refractivity contribution in [3.05, 3.63) is 94.6 Å². The zero-order valence-corrected chi connectivity index (χ0v) is 37.6. The average molecular weight is 889 g/mol. The molecule has 0 unspecified atom stereocenters. The molecule has 2 aromatic carbocycles. The van der Waals surface area contributed by atoms with Gasteiger partial charge < -0.3 is 35.4 Å². The number of methoxy groups -OCH3 is 1. The van der Waals surface area contributed by atoms with Gasteiger partial charge in [0, 0.05) is 49.9 Å². The molecule has 1 fully saturated rings. The summed E-state index contributed by atoms with van der Waals surface area (Å²) in [6.45, 7) is 11.7. The average Bonchev–Trinajstić information content (AvgIpc) is 4.06. The number of piperidine rings is 1. The molecule has 1 saturated heterocycles. The Balaban J connectivity index is 1.23. The van der Waals surface area contributed by atoms with Crippen LogP contribution in [0.25, 0.3) is 22.1 Å². The van der Waals surface area contributed by atoms with Crippen molar-refractivity contribution in [2.75, 3.05) is 51.0 Å². The van der Waals surface area contributed by atoms with E-state index < -0.39 is 23.6 Å². The number of nitrogens with two attached hydrogens (primary N) is 2. The standard InChI is InChI=1S/C45H56N14O6/c1-7-58-34(21-27(3)53-58)42(62)51-44-49-32-23-29(40(46)60)25-36(64-6)38(32)56(44)16-9-10-17-57-39-33(50-45(57)52-43(63)35-22-28(4)54-59(35)8-2)24-30(41(47)61)26-37(39)65-20-12-11-15-55-18-13-31(48-5)14-19-55/h9-12,21-26,31,48H,7-8,13-20H2,1-6H3,(H2,46,60)(H2,47,61)(H,49,51,62)(H,50,52,63)/b10-9+,12-11+. The van der Waals surface area contributed by atoms with Gasteiger partial charge >= 0.3 is 0 Å². The van der Waals surface area contributed by atoms with E-state index in [0.717, 1.165) is 32.5 Å². The van der Waals surface area contributed by atoms with Crippen LogP contribution in [0.15, 0.2) is 60.7 Å². The summed E-state index contributed by atoms with van der Waals surface area (Å²) in [7, 11) is 3.47. The summed E-state index contributed by atoms with van der Waals surface area (Å²) in [5.74, 6) is -1.16.